The molecule has 0 unspecified atom stereocenters. The van der Waals surface area contributed by atoms with Gasteiger partial charge < -0.3 is 15.2 Å². The third kappa shape index (κ3) is 3.62. The average Bonchev–Trinajstić information content (AvgIpc) is 2.76. The van der Waals surface area contributed by atoms with Crippen molar-refractivity contribution in [1.82, 2.24) is 9.36 Å². The Morgan fingerprint density at radius 1 is 1.41 bits per heavy atom. The summed E-state index contributed by atoms with van der Waals surface area (Å²) in [5.41, 5.74) is -0.564. The molecule has 1 aromatic rings. The van der Waals surface area contributed by atoms with E-state index in [1.54, 1.807) is 7.11 Å². The zero-order valence-electron chi connectivity index (χ0n) is 10.1. The summed E-state index contributed by atoms with van der Waals surface area (Å²) in [5.74, 6) is 0.690. The maximum Gasteiger partial charge on any atom is 0.202 e. The number of anilines is 1. The Bertz CT molecular complexity index is 350. The Morgan fingerprint density at radius 3 is 2.88 bits per heavy atom. The highest BCUT2D eigenvalue weighted by atomic mass is 32.1. The molecule has 1 saturated carbocycles. The highest BCUT2D eigenvalue weighted by Gasteiger charge is 2.29. The van der Waals surface area contributed by atoms with Crippen molar-refractivity contribution in [3.8, 4) is 0 Å². The van der Waals surface area contributed by atoms with Crippen molar-refractivity contribution in [3.05, 3.63) is 5.82 Å². The number of hydrogen-bond acceptors (Lipinski definition) is 6. The van der Waals surface area contributed by atoms with Gasteiger partial charge in [0.05, 0.1) is 5.60 Å². The van der Waals surface area contributed by atoms with Crippen LogP contribution in [-0.4, -0.2) is 33.7 Å². The van der Waals surface area contributed by atoms with Gasteiger partial charge in [0.15, 0.2) is 5.82 Å². The van der Waals surface area contributed by atoms with Crippen molar-refractivity contribution in [2.45, 2.75) is 44.3 Å². The van der Waals surface area contributed by atoms with Crippen LogP contribution in [0.25, 0.3) is 0 Å². The SMILES string of the molecule is COCc1nsc(NCC2(O)CCCCC2)n1. The van der Waals surface area contributed by atoms with E-state index >= 15 is 0 Å². The maximum atomic E-state index is 10.3. The Labute approximate surface area is 105 Å². The van der Waals surface area contributed by atoms with E-state index in [2.05, 4.69) is 14.7 Å². The van der Waals surface area contributed by atoms with Crippen molar-refractivity contribution < 1.29 is 9.84 Å². The van der Waals surface area contributed by atoms with Crippen LogP contribution in [0.3, 0.4) is 0 Å². The largest absolute Gasteiger partial charge is 0.388 e. The zero-order chi connectivity index (χ0) is 12.1. The molecule has 0 saturated heterocycles. The molecule has 1 heterocycles. The van der Waals surface area contributed by atoms with Gasteiger partial charge in [-0.15, -0.1) is 0 Å². The number of ether oxygens (including phenoxy) is 1. The first kappa shape index (κ1) is 12.7. The smallest absolute Gasteiger partial charge is 0.202 e. The van der Waals surface area contributed by atoms with E-state index in [0.29, 0.717) is 19.0 Å². The summed E-state index contributed by atoms with van der Waals surface area (Å²) in [7, 11) is 1.62. The molecule has 1 aliphatic carbocycles. The second kappa shape index (κ2) is 5.75. The lowest BCUT2D eigenvalue weighted by molar-refractivity contribution is 0.0167. The van der Waals surface area contributed by atoms with Gasteiger partial charge in [-0.2, -0.15) is 4.37 Å². The standard InChI is InChI=1S/C11H19N3O2S/c1-16-7-9-13-10(17-14-9)12-8-11(15)5-3-2-4-6-11/h15H,2-8H2,1H3,(H,12,13,14). The minimum atomic E-state index is -0.564. The lowest BCUT2D eigenvalue weighted by Crippen LogP contribution is -2.38. The Hall–Kier alpha value is -0.720. The average molecular weight is 257 g/mol. The number of aromatic nitrogens is 2. The van der Waals surface area contributed by atoms with Gasteiger partial charge in [0, 0.05) is 25.2 Å². The summed E-state index contributed by atoms with van der Waals surface area (Å²) in [6.45, 7) is 0.997. The second-order valence-corrected chi connectivity index (χ2v) is 5.34. The first-order valence-corrected chi connectivity index (χ1v) is 6.77. The summed E-state index contributed by atoms with van der Waals surface area (Å²) in [5, 5.41) is 14.2. The van der Waals surface area contributed by atoms with Crippen LogP contribution >= 0.6 is 11.5 Å². The third-order valence-electron chi connectivity index (χ3n) is 3.09. The van der Waals surface area contributed by atoms with Crippen molar-refractivity contribution in [1.29, 1.82) is 0 Å². The molecule has 0 spiro atoms. The van der Waals surface area contributed by atoms with Gasteiger partial charge >= 0.3 is 0 Å². The highest BCUT2D eigenvalue weighted by Crippen LogP contribution is 2.28. The molecule has 2 N–H and O–H groups in total. The molecule has 1 fully saturated rings. The van der Waals surface area contributed by atoms with Crippen LogP contribution in [0.2, 0.25) is 0 Å². The van der Waals surface area contributed by atoms with E-state index in [9.17, 15) is 5.11 Å². The van der Waals surface area contributed by atoms with E-state index in [4.69, 9.17) is 4.74 Å². The number of hydrogen-bond donors (Lipinski definition) is 2. The Morgan fingerprint density at radius 2 is 2.18 bits per heavy atom. The van der Waals surface area contributed by atoms with Crippen molar-refractivity contribution in [2.24, 2.45) is 0 Å². The van der Waals surface area contributed by atoms with Crippen molar-refractivity contribution in [2.75, 3.05) is 19.0 Å². The quantitative estimate of drug-likeness (QED) is 0.842. The summed E-state index contributed by atoms with van der Waals surface area (Å²) in [4.78, 5) is 4.28. The number of nitrogens with one attached hydrogen (secondary N) is 1. The van der Waals surface area contributed by atoms with Crippen molar-refractivity contribution in [3.63, 3.8) is 0 Å². The highest BCUT2D eigenvalue weighted by molar-refractivity contribution is 7.09. The summed E-state index contributed by atoms with van der Waals surface area (Å²) in [6, 6.07) is 0. The van der Waals surface area contributed by atoms with Gasteiger partial charge in [-0.3, -0.25) is 0 Å². The lowest BCUT2D eigenvalue weighted by atomic mass is 9.85. The first-order chi connectivity index (χ1) is 8.22. The molecule has 17 heavy (non-hydrogen) atoms. The molecule has 6 heteroatoms. The number of aliphatic hydroxyl groups is 1. The molecule has 0 amide bonds. The number of nitrogens with zero attached hydrogens (tertiary/aromatic N) is 2. The predicted octanol–water partition coefficient (Wildman–Crippen LogP) is 1.79. The van der Waals surface area contributed by atoms with Gasteiger partial charge in [-0.05, 0) is 12.8 Å². The third-order valence-corrected chi connectivity index (χ3v) is 3.81. The molecule has 5 nitrogen and oxygen atoms in total. The molecular formula is C11H19N3O2S. The van der Waals surface area contributed by atoms with Crippen molar-refractivity contribution >= 4 is 16.7 Å². The van der Waals surface area contributed by atoms with E-state index in [-0.39, 0.29) is 0 Å². The normalized spacial score (nSPS) is 19.2. The summed E-state index contributed by atoms with van der Waals surface area (Å²) >= 11 is 1.31. The topological polar surface area (TPSA) is 67.3 Å². The summed E-state index contributed by atoms with van der Waals surface area (Å²) < 4.78 is 9.11. The maximum absolute atomic E-state index is 10.3. The minimum Gasteiger partial charge on any atom is -0.388 e. The lowest BCUT2D eigenvalue weighted by Gasteiger charge is -2.31. The molecule has 1 aromatic heterocycles. The molecule has 0 bridgehead atoms. The van der Waals surface area contributed by atoms with Crippen LogP contribution in [0.1, 0.15) is 37.9 Å². The number of rotatable bonds is 5. The zero-order valence-corrected chi connectivity index (χ0v) is 10.9. The van der Waals surface area contributed by atoms with Crippen LogP contribution < -0.4 is 5.32 Å². The second-order valence-electron chi connectivity index (χ2n) is 4.59. The molecule has 0 radical (unpaired) electrons. The Kier molecular flexibility index (Phi) is 4.31. The van der Waals surface area contributed by atoms with Crippen LogP contribution in [0.4, 0.5) is 5.13 Å². The molecule has 0 aromatic carbocycles. The van der Waals surface area contributed by atoms with Gasteiger partial charge in [-0.1, -0.05) is 19.3 Å². The molecule has 0 atom stereocenters. The van der Waals surface area contributed by atoms with Crippen LogP contribution in [-0.2, 0) is 11.3 Å². The Balaban J connectivity index is 1.83. The van der Waals surface area contributed by atoms with Crippen LogP contribution in [0.15, 0.2) is 0 Å². The van der Waals surface area contributed by atoms with E-state index < -0.39 is 5.60 Å². The van der Waals surface area contributed by atoms with Gasteiger partial charge in [0.1, 0.15) is 6.61 Å². The fourth-order valence-electron chi connectivity index (χ4n) is 2.14. The van der Waals surface area contributed by atoms with Gasteiger partial charge in [-0.25, -0.2) is 4.98 Å². The molecular weight excluding hydrogens is 238 g/mol. The molecule has 1 aliphatic rings. The van der Waals surface area contributed by atoms with Crippen LogP contribution in [0, 0.1) is 0 Å². The fourth-order valence-corrected chi connectivity index (χ4v) is 2.71. The van der Waals surface area contributed by atoms with E-state index in [1.165, 1.54) is 18.0 Å². The first-order valence-electron chi connectivity index (χ1n) is 6.00. The van der Waals surface area contributed by atoms with Crippen LogP contribution in [0.5, 0.6) is 0 Å². The fraction of sp³-hybridized carbons (Fsp3) is 0.818. The summed E-state index contributed by atoms with van der Waals surface area (Å²) in [6.07, 6.45) is 5.22. The molecule has 96 valence electrons. The van der Waals surface area contributed by atoms with Gasteiger partial charge in [0.2, 0.25) is 5.13 Å². The van der Waals surface area contributed by atoms with E-state index in [0.717, 1.165) is 30.8 Å². The number of methoxy groups -OCH3 is 1. The molecule has 0 aliphatic heterocycles. The minimum absolute atomic E-state index is 0.433. The predicted molar refractivity (Wildman–Crippen MR) is 67.1 cm³/mol. The van der Waals surface area contributed by atoms with Gasteiger partial charge in [0.25, 0.3) is 0 Å². The monoisotopic (exact) mass is 257 g/mol. The van der Waals surface area contributed by atoms with E-state index in [1.807, 2.05) is 0 Å². The molecule has 2 rings (SSSR count).